The summed E-state index contributed by atoms with van der Waals surface area (Å²) in [5.74, 6) is 2.06. The molecular formula is C12H14ClN3. The molecular weight excluding hydrogens is 222 g/mol. The molecule has 4 heteroatoms. The molecule has 0 aliphatic carbocycles. The first kappa shape index (κ1) is 11.1. The Hall–Kier alpha value is -1.35. The van der Waals surface area contributed by atoms with Gasteiger partial charge in [0.15, 0.2) is 5.82 Å². The van der Waals surface area contributed by atoms with E-state index >= 15 is 0 Å². The Morgan fingerprint density at radius 2 is 1.81 bits per heavy atom. The number of hydrogen-bond donors (Lipinski definition) is 0. The molecule has 0 bridgehead atoms. The molecule has 0 atom stereocenters. The van der Waals surface area contributed by atoms with Gasteiger partial charge >= 0.3 is 0 Å². The lowest BCUT2D eigenvalue weighted by molar-refractivity contribution is 0.852. The first-order valence-corrected chi connectivity index (χ1v) is 5.69. The molecule has 0 amide bonds. The van der Waals surface area contributed by atoms with Crippen molar-refractivity contribution in [2.24, 2.45) is 7.05 Å². The lowest BCUT2D eigenvalue weighted by Gasteiger charge is -2.08. The van der Waals surface area contributed by atoms with Gasteiger partial charge in [0.05, 0.1) is 5.88 Å². The summed E-state index contributed by atoms with van der Waals surface area (Å²) in [5.41, 5.74) is 3.56. The van der Waals surface area contributed by atoms with Crippen molar-refractivity contribution < 1.29 is 0 Å². The first-order chi connectivity index (χ1) is 7.65. The van der Waals surface area contributed by atoms with Gasteiger partial charge in [-0.15, -0.1) is 21.8 Å². The maximum absolute atomic E-state index is 5.79. The topological polar surface area (TPSA) is 30.7 Å². The predicted molar refractivity (Wildman–Crippen MR) is 65.5 cm³/mol. The average Bonchev–Trinajstić information content (AvgIpc) is 2.60. The van der Waals surface area contributed by atoms with Crippen LogP contribution < -0.4 is 0 Å². The zero-order chi connectivity index (χ0) is 11.7. The molecule has 0 spiro atoms. The Balaban J connectivity index is 2.63. The summed E-state index contributed by atoms with van der Waals surface area (Å²) in [6.45, 7) is 4.16. The fourth-order valence-electron chi connectivity index (χ4n) is 1.86. The quantitative estimate of drug-likeness (QED) is 0.750. The van der Waals surface area contributed by atoms with E-state index < -0.39 is 0 Å². The molecule has 0 saturated heterocycles. The zero-order valence-corrected chi connectivity index (χ0v) is 10.4. The summed E-state index contributed by atoms with van der Waals surface area (Å²) in [7, 11) is 1.94. The van der Waals surface area contributed by atoms with Crippen LogP contribution in [0.5, 0.6) is 0 Å². The second-order valence-electron chi connectivity index (χ2n) is 3.90. The van der Waals surface area contributed by atoms with E-state index in [1.54, 1.807) is 0 Å². The van der Waals surface area contributed by atoms with Crippen LogP contribution >= 0.6 is 11.6 Å². The summed E-state index contributed by atoms with van der Waals surface area (Å²) >= 11 is 5.79. The van der Waals surface area contributed by atoms with E-state index in [1.165, 1.54) is 11.1 Å². The third-order valence-corrected chi connectivity index (χ3v) is 3.03. The van der Waals surface area contributed by atoms with E-state index in [2.05, 4.69) is 36.2 Å². The molecule has 84 valence electrons. The Kier molecular flexibility index (Phi) is 2.97. The fourth-order valence-corrected chi connectivity index (χ4v) is 2.10. The molecule has 0 fully saturated rings. The van der Waals surface area contributed by atoms with Gasteiger partial charge in [-0.2, -0.15) is 0 Å². The second kappa shape index (κ2) is 4.26. The first-order valence-electron chi connectivity index (χ1n) is 5.16. The van der Waals surface area contributed by atoms with Crippen LogP contribution in [-0.2, 0) is 12.9 Å². The number of aryl methyl sites for hydroxylation is 2. The Bertz CT molecular complexity index is 497. The lowest BCUT2D eigenvalue weighted by atomic mass is 10.0. The maximum atomic E-state index is 5.79. The number of benzene rings is 1. The van der Waals surface area contributed by atoms with Crippen molar-refractivity contribution in [2.45, 2.75) is 19.7 Å². The molecule has 1 aromatic heterocycles. The molecule has 1 heterocycles. The highest BCUT2D eigenvalue weighted by atomic mass is 35.5. The van der Waals surface area contributed by atoms with Crippen LogP contribution in [0.4, 0.5) is 0 Å². The zero-order valence-electron chi connectivity index (χ0n) is 9.66. The minimum Gasteiger partial charge on any atom is -0.313 e. The monoisotopic (exact) mass is 235 g/mol. The average molecular weight is 236 g/mol. The van der Waals surface area contributed by atoms with Gasteiger partial charge in [0, 0.05) is 12.6 Å². The Labute approximate surface area is 100 Å². The van der Waals surface area contributed by atoms with Crippen LogP contribution in [0.2, 0.25) is 0 Å². The van der Waals surface area contributed by atoms with Gasteiger partial charge in [-0.1, -0.05) is 18.2 Å². The molecule has 2 aromatic rings. The standard InChI is InChI=1S/C12H14ClN3/c1-8-5-4-6-9(2)11(8)12-15-14-10(7-13)16(12)3/h4-6H,7H2,1-3H3. The van der Waals surface area contributed by atoms with Gasteiger partial charge in [0.1, 0.15) is 5.82 Å². The van der Waals surface area contributed by atoms with Crippen molar-refractivity contribution in [1.82, 2.24) is 14.8 Å². The smallest absolute Gasteiger partial charge is 0.164 e. The van der Waals surface area contributed by atoms with Crippen LogP contribution in [0.25, 0.3) is 11.4 Å². The largest absolute Gasteiger partial charge is 0.313 e. The van der Waals surface area contributed by atoms with E-state index in [9.17, 15) is 0 Å². The molecule has 0 aliphatic rings. The highest BCUT2D eigenvalue weighted by Crippen LogP contribution is 2.25. The molecule has 2 rings (SSSR count). The summed E-state index contributed by atoms with van der Waals surface area (Å²) in [5, 5.41) is 8.28. The van der Waals surface area contributed by atoms with Gasteiger partial charge in [0.2, 0.25) is 0 Å². The lowest BCUT2D eigenvalue weighted by Crippen LogP contribution is -1.99. The highest BCUT2D eigenvalue weighted by molar-refractivity contribution is 6.16. The number of aromatic nitrogens is 3. The van der Waals surface area contributed by atoms with Crippen LogP contribution in [-0.4, -0.2) is 14.8 Å². The summed E-state index contributed by atoms with van der Waals surface area (Å²) in [6, 6.07) is 6.21. The highest BCUT2D eigenvalue weighted by Gasteiger charge is 2.13. The number of alkyl halides is 1. The molecule has 3 nitrogen and oxygen atoms in total. The van der Waals surface area contributed by atoms with E-state index in [-0.39, 0.29) is 0 Å². The molecule has 0 unspecified atom stereocenters. The van der Waals surface area contributed by atoms with Gasteiger partial charge in [-0.3, -0.25) is 0 Å². The molecule has 0 N–H and O–H groups in total. The fraction of sp³-hybridized carbons (Fsp3) is 0.333. The van der Waals surface area contributed by atoms with Crippen molar-refractivity contribution in [1.29, 1.82) is 0 Å². The van der Waals surface area contributed by atoms with Gasteiger partial charge < -0.3 is 4.57 Å². The van der Waals surface area contributed by atoms with Crippen LogP contribution in [0.15, 0.2) is 18.2 Å². The summed E-state index contributed by atoms with van der Waals surface area (Å²) in [6.07, 6.45) is 0. The molecule has 0 radical (unpaired) electrons. The van der Waals surface area contributed by atoms with Crippen LogP contribution in [0.3, 0.4) is 0 Å². The van der Waals surface area contributed by atoms with Gasteiger partial charge in [-0.05, 0) is 25.0 Å². The Morgan fingerprint density at radius 3 is 2.31 bits per heavy atom. The molecule has 16 heavy (non-hydrogen) atoms. The molecule has 1 aromatic carbocycles. The van der Waals surface area contributed by atoms with Crippen molar-refractivity contribution >= 4 is 11.6 Å². The van der Waals surface area contributed by atoms with Crippen molar-refractivity contribution in [2.75, 3.05) is 0 Å². The van der Waals surface area contributed by atoms with Gasteiger partial charge in [-0.25, -0.2) is 0 Å². The summed E-state index contributed by atoms with van der Waals surface area (Å²) in [4.78, 5) is 0. The van der Waals surface area contributed by atoms with Crippen LogP contribution in [0.1, 0.15) is 17.0 Å². The van der Waals surface area contributed by atoms with E-state index in [0.717, 1.165) is 17.2 Å². The van der Waals surface area contributed by atoms with Crippen molar-refractivity contribution in [3.8, 4) is 11.4 Å². The number of hydrogen-bond acceptors (Lipinski definition) is 2. The Morgan fingerprint density at radius 1 is 1.19 bits per heavy atom. The van der Waals surface area contributed by atoms with Gasteiger partial charge in [0.25, 0.3) is 0 Å². The van der Waals surface area contributed by atoms with Crippen molar-refractivity contribution in [3.05, 3.63) is 35.2 Å². The third kappa shape index (κ3) is 1.71. The maximum Gasteiger partial charge on any atom is 0.164 e. The number of rotatable bonds is 2. The van der Waals surface area contributed by atoms with E-state index in [0.29, 0.717) is 5.88 Å². The normalized spacial score (nSPS) is 10.8. The molecule has 0 saturated carbocycles. The number of halogens is 1. The van der Waals surface area contributed by atoms with E-state index in [4.69, 9.17) is 11.6 Å². The number of nitrogens with zero attached hydrogens (tertiary/aromatic N) is 3. The predicted octanol–water partition coefficient (Wildman–Crippen LogP) is 2.84. The van der Waals surface area contributed by atoms with E-state index in [1.807, 2.05) is 17.7 Å². The third-order valence-electron chi connectivity index (χ3n) is 2.79. The van der Waals surface area contributed by atoms with Crippen molar-refractivity contribution in [3.63, 3.8) is 0 Å². The second-order valence-corrected chi connectivity index (χ2v) is 4.17. The SMILES string of the molecule is Cc1cccc(C)c1-c1nnc(CCl)n1C. The molecule has 0 aliphatic heterocycles. The minimum absolute atomic E-state index is 0.383. The summed E-state index contributed by atoms with van der Waals surface area (Å²) < 4.78 is 1.95. The van der Waals surface area contributed by atoms with Crippen LogP contribution in [0, 0.1) is 13.8 Å². The minimum atomic E-state index is 0.383.